The lowest BCUT2D eigenvalue weighted by Gasteiger charge is -2.24. The van der Waals surface area contributed by atoms with Crippen molar-refractivity contribution in [3.63, 3.8) is 0 Å². The maximum atomic E-state index is 11.5. The summed E-state index contributed by atoms with van der Waals surface area (Å²) in [7, 11) is 1.60. The van der Waals surface area contributed by atoms with Gasteiger partial charge in [0.05, 0.1) is 5.41 Å². The first-order chi connectivity index (χ1) is 9.37. The van der Waals surface area contributed by atoms with Gasteiger partial charge in [-0.1, -0.05) is 25.9 Å². The molecule has 0 saturated heterocycles. The van der Waals surface area contributed by atoms with Crippen LogP contribution >= 0.6 is 0 Å². The molecule has 6 nitrogen and oxygen atoms in total. The fourth-order valence-corrected chi connectivity index (χ4v) is 2.10. The fraction of sp³-hybridized carbons (Fsp3) is 0.786. The van der Waals surface area contributed by atoms with Crippen molar-refractivity contribution in [2.75, 3.05) is 7.11 Å². The number of hydrogen-bond acceptors (Lipinski definition) is 5. The highest BCUT2D eigenvalue weighted by atomic mass is 16.5. The molecule has 1 unspecified atom stereocenters. The van der Waals surface area contributed by atoms with Crippen LogP contribution in [0.3, 0.4) is 0 Å². The Hall–Kier alpha value is -1.43. The lowest BCUT2D eigenvalue weighted by molar-refractivity contribution is -0.149. The molecule has 1 aromatic heterocycles. The van der Waals surface area contributed by atoms with Gasteiger partial charge in [-0.2, -0.15) is 4.98 Å². The molecule has 0 amide bonds. The van der Waals surface area contributed by atoms with Crippen LogP contribution in [0.2, 0.25) is 0 Å². The molecule has 0 spiro atoms. The van der Waals surface area contributed by atoms with Crippen LogP contribution in [0.15, 0.2) is 4.52 Å². The number of carboxylic acid groups (broad SMARTS) is 1. The molecule has 0 aliphatic carbocycles. The number of carboxylic acids is 1. The van der Waals surface area contributed by atoms with E-state index in [0.29, 0.717) is 31.0 Å². The minimum Gasteiger partial charge on any atom is -0.481 e. The molecular weight excluding hydrogens is 260 g/mol. The van der Waals surface area contributed by atoms with Gasteiger partial charge < -0.3 is 14.4 Å². The first kappa shape index (κ1) is 16.6. The molecule has 0 fully saturated rings. The number of carbonyl (C=O) groups is 1. The second-order valence-electron chi connectivity index (χ2n) is 5.27. The number of rotatable bonds is 8. The number of aliphatic carboxylic acids is 1. The lowest BCUT2D eigenvalue weighted by atomic mass is 9.79. The van der Waals surface area contributed by atoms with Crippen molar-refractivity contribution < 1.29 is 19.2 Å². The van der Waals surface area contributed by atoms with Gasteiger partial charge in [0.15, 0.2) is 0 Å². The lowest BCUT2D eigenvalue weighted by Crippen LogP contribution is -2.32. The van der Waals surface area contributed by atoms with E-state index in [2.05, 4.69) is 10.1 Å². The van der Waals surface area contributed by atoms with Gasteiger partial charge in [-0.3, -0.25) is 4.79 Å². The standard InChI is InChI=1S/C14H24N2O4/c1-6-13(4,19-5)11-15-10(20-16-11)9-14(7-2,8-3)12(17)18/h6-9H2,1-5H3,(H,17,18). The third-order valence-corrected chi connectivity index (χ3v) is 4.36. The fourth-order valence-electron chi connectivity index (χ4n) is 2.10. The maximum absolute atomic E-state index is 11.5. The van der Waals surface area contributed by atoms with Gasteiger partial charge in [0.25, 0.3) is 0 Å². The van der Waals surface area contributed by atoms with Crippen LogP contribution in [0.1, 0.15) is 58.7 Å². The van der Waals surface area contributed by atoms with Gasteiger partial charge >= 0.3 is 5.97 Å². The maximum Gasteiger partial charge on any atom is 0.310 e. The molecule has 1 aromatic rings. The van der Waals surface area contributed by atoms with Gasteiger partial charge in [0.1, 0.15) is 5.60 Å². The zero-order chi connectivity index (χ0) is 15.4. The summed E-state index contributed by atoms with van der Waals surface area (Å²) in [5.41, 5.74) is -1.45. The number of methoxy groups -OCH3 is 1. The van der Waals surface area contributed by atoms with Crippen molar-refractivity contribution in [1.82, 2.24) is 10.1 Å². The Kier molecular flexibility index (Phi) is 5.28. The van der Waals surface area contributed by atoms with E-state index in [1.54, 1.807) is 7.11 Å². The molecule has 1 atom stereocenters. The third kappa shape index (κ3) is 3.00. The van der Waals surface area contributed by atoms with E-state index in [1.807, 2.05) is 27.7 Å². The molecular formula is C14H24N2O4. The Labute approximate surface area is 119 Å². The monoisotopic (exact) mass is 284 g/mol. The van der Waals surface area contributed by atoms with Crippen molar-refractivity contribution in [2.24, 2.45) is 5.41 Å². The summed E-state index contributed by atoms with van der Waals surface area (Å²) in [6, 6.07) is 0. The third-order valence-electron chi connectivity index (χ3n) is 4.36. The predicted octanol–water partition coefficient (Wildman–Crippen LogP) is 2.77. The molecule has 0 bridgehead atoms. The van der Waals surface area contributed by atoms with Crippen LogP contribution in [-0.4, -0.2) is 28.3 Å². The summed E-state index contributed by atoms with van der Waals surface area (Å²) in [4.78, 5) is 15.8. The highest BCUT2D eigenvalue weighted by Gasteiger charge is 2.38. The van der Waals surface area contributed by atoms with Gasteiger partial charge in [0.2, 0.25) is 11.7 Å². The van der Waals surface area contributed by atoms with Gasteiger partial charge in [-0.25, -0.2) is 0 Å². The topological polar surface area (TPSA) is 85.5 Å². The number of hydrogen-bond donors (Lipinski definition) is 1. The first-order valence-corrected chi connectivity index (χ1v) is 6.99. The van der Waals surface area contributed by atoms with Gasteiger partial charge in [-0.05, 0) is 26.2 Å². The molecule has 0 aromatic carbocycles. The van der Waals surface area contributed by atoms with E-state index in [1.165, 1.54) is 0 Å². The van der Waals surface area contributed by atoms with Crippen LogP contribution < -0.4 is 0 Å². The molecule has 0 saturated carbocycles. The molecule has 1 N–H and O–H groups in total. The Morgan fingerprint density at radius 2 is 1.90 bits per heavy atom. The van der Waals surface area contributed by atoms with E-state index < -0.39 is 17.0 Å². The second kappa shape index (κ2) is 6.35. The smallest absolute Gasteiger partial charge is 0.310 e. The molecule has 20 heavy (non-hydrogen) atoms. The normalized spacial score (nSPS) is 15.1. The number of aromatic nitrogens is 2. The molecule has 1 rings (SSSR count). The summed E-state index contributed by atoms with van der Waals surface area (Å²) in [6.45, 7) is 7.57. The highest BCUT2D eigenvalue weighted by Crippen LogP contribution is 2.32. The first-order valence-electron chi connectivity index (χ1n) is 6.99. The van der Waals surface area contributed by atoms with E-state index in [9.17, 15) is 9.90 Å². The average molecular weight is 284 g/mol. The van der Waals surface area contributed by atoms with Crippen LogP contribution in [0.25, 0.3) is 0 Å². The van der Waals surface area contributed by atoms with E-state index in [-0.39, 0.29) is 6.42 Å². The SMILES string of the molecule is CCC(CC)(Cc1nc(C(C)(CC)OC)no1)C(=O)O. The van der Waals surface area contributed by atoms with Gasteiger partial charge in [0, 0.05) is 13.5 Å². The molecule has 0 aliphatic heterocycles. The van der Waals surface area contributed by atoms with Crippen molar-refractivity contribution in [2.45, 2.75) is 59.0 Å². The summed E-state index contributed by atoms with van der Waals surface area (Å²) in [6.07, 6.45) is 1.98. The van der Waals surface area contributed by atoms with Crippen LogP contribution in [0.5, 0.6) is 0 Å². The summed E-state index contributed by atoms with van der Waals surface area (Å²) in [5.74, 6) is -0.0148. The van der Waals surface area contributed by atoms with Gasteiger partial charge in [-0.15, -0.1) is 0 Å². The van der Waals surface area contributed by atoms with Crippen molar-refractivity contribution in [3.05, 3.63) is 11.7 Å². The van der Waals surface area contributed by atoms with Crippen LogP contribution in [0.4, 0.5) is 0 Å². The second-order valence-corrected chi connectivity index (χ2v) is 5.27. The Morgan fingerprint density at radius 3 is 2.30 bits per heavy atom. The Balaban J connectivity index is 3.01. The summed E-state index contributed by atoms with van der Waals surface area (Å²) in [5, 5.41) is 13.4. The molecule has 0 aliphatic rings. The number of nitrogens with zero attached hydrogens (tertiary/aromatic N) is 2. The molecule has 6 heteroatoms. The van der Waals surface area contributed by atoms with Crippen molar-refractivity contribution in [3.8, 4) is 0 Å². The quantitative estimate of drug-likeness (QED) is 0.790. The average Bonchev–Trinajstić information content (AvgIpc) is 2.92. The summed E-state index contributed by atoms with van der Waals surface area (Å²) < 4.78 is 10.6. The van der Waals surface area contributed by atoms with Crippen LogP contribution in [0, 0.1) is 5.41 Å². The molecule has 0 radical (unpaired) electrons. The predicted molar refractivity (Wildman–Crippen MR) is 73.3 cm³/mol. The largest absolute Gasteiger partial charge is 0.481 e. The number of ether oxygens (including phenoxy) is 1. The molecule has 114 valence electrons. The summed E-state index contributed by atoms with van der Waals surface area (Å²) >= 11 is 0. The minimum absolute atomic E-state index is 0.242. The zero-order valence-corrected chi connectivity index (χ0v) is 12.9. The minimum atomic E-state index is -0.848. The van der Waals surface area contributed by atoms with Crippen molar-refractivity contribution in [1.29, 1.82) is 0 Å². The van der Waals surface area contributed by atoms with E-state index in [0.717, 1.165) is 0 Å². The van der Waals surface area contributed by atoms with E-state index in [4.69, 9.17) is 9.26 Å². The van der Waals surface area contributed by atoms with Crippen LogP contribution in [-0.2, 0) is 21.6 Å². The Bertz CT molecular complexity index is 448. The zero-order valence-electron chi connectivity index (χ0n) is 12.9. The van der Waals surface area contributed by atoms with E-state index >= 15 is 0 Å². The highest BCUT2D eigenvalue weighted by molar-refractivity contribution is 5.74. The Morgan fingerprint density at radius 1 is 1.30 bits per heavy atom. The van der Waals surface area contributed by atoms with Crippen molar-refractivity contribution >= 4 is 5.97 Å². The molecule has 1 heterocycles.